The third-order valence-corrected chi connectivity index (χ3v) is 4.39. The summed E-state index contributed by atoms with van der Waals surface area (Å²) in [5.74, 6) is 0.247. The molecule has 132 valence electrons. The molecule has 6 heteroatoms. The summed E-state index contributed by atoms with van der Waals surface area (Å²) in [7, 11) is 0. The molecular formula is C19H19ClFNO3. The van der Waals surface area contributed by atoms with Crippen LogP contribution in [0.1, 0.15) is 11.1 Å². The highest BCUT2D eigenvalue weighted by molar-refractivity contribution is 6.31. The minimum absolute atomic E-state index is 0.0139. The van der Waals surface area contributed by atoms with E-state index >= 15 is 0 Å². The molecule has 0 spiro atoms. The predicted octanol–water partition coefficient (Wildman–Crippen LogP) is 3.59. The van der Waals surface area contributed by atoms with Gasteiger partial charge in [0.1, 0.15) is 11.6 Å². The molecule has 0 atom stereocenters. The van der Waals surface area contributed by atoms with Crippen LogP contribution in [-0.4, -0.2) is 36.6 Å². The van der Waals surface area contributed by atoms with Crippen molar-refractivity contribution in [1.29, 1.82) is 0 Å². The normalized spacial score (nSPS) is 14.3. The first kappa shape index (κ1) is 17.7. The molecule has 0 bridgehead atoms. The smallest absolute Gasteiger partial charge is 0.260 e. The van der Waals surface area contributed by atoms with E-state index in [9.17, 15) is 9.18 Å². The number of carbonyl (C=O) groups is 1. The number of nitrogens with zero attached hydrogens (tertiary/aromatic N) is 1. The van der Waals surface area contributed by atoms with Crippen LogP contribution in [0.25, 0.3) is 0 Å². The Morgan fingerprint density at radius 2 is 2.08 bits per heavy atom. The SMILES string of the molecule is Cc1cccc(OCC(=O)N2CC(OCc3ccc(F)cc3Cl)C2)c1. The van der Waals surface area contributed by atoms with Gasteiger partial charge in [0.25, 0.3) is 5.91 Å². The van der Waals surface area contributed by atoms with Crippen molar-refractivity contribution in [3.05, 3.63) is 64.4 Å². The molecule has 25 heavy (non-hydrogen) atoms. The quantitative estimate of drug-likeness (QED) is 0.787. The largest absolute Gasteiger partial charge is 0.484 e. The molecule has 0 aliphatic carbocycles. The number of rotatable bonds is 6. The number of ether oxygens (including phenoxy) is 2. The monoisotopic (exact) mass is 363 g/mol. The van der Waals surface area contributed by atoms with Gasteiger partial charge in [0.05, 0.1) is 12.7 Å². The van der Waals surface area contributed by atoms with E-state index in [0.29, 0.717) is 30.5 Å². The van der Waals surface area contributed by atoms with E-state index in [4.69, 9.17) is 21.1 Å². The van der Waals surface area contributed by atoms with Gasteiger partial charge >= 0.3 is 0 Å². The van der Waals surface area contributed by atoms with Gasteiger partial charge in [-0.05, 0) is 42.3 Å². The third kappa shape index (κ3) is 4.71. The van der Waals surface area contributed by atoms with Gasteiger partial charge in [-0.2, -0.15) is 0 Å². The summed E-state index contributed by atoms with van der Waals surface area (Å²) < 4.78 is 24.2. The van der Waals surface area contributed by atoms with Gasteiger partial charge in [0.15, 0.2) is 6.61 Å². The number of benzene rings is 2. The maximum Gasteiger partial charge on any atom is 0.260 e. The van der Waals surface area contributed by atoms with Crippen molar-refractivity contribution >= 4 is 17.5 Å². The maximum atomic E-state index is 13.0. The van der Waals surface area contributed by atoms with E-state index in [0.717, 1.165) is 11.1 Å². The molecule has 2 aromatic rings. The van der Waals surface area contributed by atoms with Crippen LogP contribution in [0.4, 0.5) is 4.39 Å². The lowest BCUT2D eigenvalue weighted by atomic mass is 10.1. The fourth-order valence-electron chi connectivity index (χ4n) is 2.54. The summed E-state index contributed by atoms with van der Waals surface area (Å²) in [6.07, 6.45) is -0.0379. The van der Waals surface area contributed by atoms with E-state index in [1.54, 1.807) is 11.0 Å². The summed E-state index contributed by atoms with van der Waals surface area (Å²) >= 11 is 5.96. The van der Waals surface area contributed by atoms with Crippen LogP contribution >= 0.6 is 11.6 Å². The Morgan fingerprint density at radius 3 is 2.80 bits per heavy atom. The molecule has 1 saturated heterocycles. The van der Waals surface area contributed by atoms with Crippen molar-refractivity contribution in [2.75, 3.05) is 19.7 Å². The van der Waals surface area contributed by atoms with E-state index in [1.165, 1.54) is 12.1 Å². The molecule has 1 amide bonds. The molecule has 1 fully saturated rings. The Kier molecular flexibility index (Phi) is 5.56. The van der Waals surface area contributed by atoms with Gasteiger partial charge in [-0.3, -0.25) is 4.79 Å². The van der Waals surface area contributed by atoms with E-state index in [-0.39, 0.29) is 24.4 Å². The molecule has 2 aromatic carbocycles. The fraction of sp³-hybridized carbons (Fsp3) is 0.316. The van der Waals surface area contributed by atoms with Crippen LogP contribution in [-0.2, 0) is 16.1 Å². The topological polar surface area (TPSA) is 38.8 Å². The first-order chi connectivity index (χ1) is 12.0. The molecule has 1 aliphatic heterocycles. The third-order valence-electron chi connectivity index (χ3n) is 4.04. The van der Waals surface area contributed by atoms with Gasteiger partial charge < -0.3 is 14.4 Å². The number of hydrogen-bond acceptors (Lipinski definition) is 3. The molecule has 0 N–H and O–H groups in total. The summed E-state index contributed by atoms with van der Waals surface area (Å²) in [5, 5.41) is 0.346. The van der Waals surface area contributed by atoms with Crippen LogP contribution < -0.4 is 4.74 Å². The highest BCUT2D eigenvalue weighted by Gasteiger charge is 2.31. The Bertz CT molecular complexity index is 762. The molecule has 4 nitrogen and oxygen atoms in total. The average Bonchev–Trinajstić information content (AvgIpc) is 2.53. The molecule has 0 unspecified atom stereocenters. The Labute approximate surface area is 151 Å². The number of likely N-dealkylation sites (tertiary alicyclic amines) is 1. The maximum absolute atomic E-state index is 13.0. The van der Waals surface area contributed by atoms with E-state index in [1.807, 2.05) is 31.2 Å². The number of aryl methyl sites for hydroxylation is 1. The molecule has 0 radical (unpaired) electrons. The van der Waals surface area contributed by atoms with Crippen LogP contribution in [0.5, 0.6) is 5.75 Å². The van der Waals surface area contributed by atoms with Gasteiger partial charge in [-0.25, -0.2) is 4.39 Å². The Morgan fingerprint density at radius 1 is 1.28 bits per heavy atom. The lowest BCUT2D eigenvalue weighted by Gasteiger charge is -2.38. The average molecular weight is 364 g/mol. The summed E-state index contributed by atoms with van der Waals surface area (Å²) in [5.41, 5.74) is 1.82. The first-order valence-electron chi connectivity index (χ1n) is 8.04. The van der Waals surface area contributed by atoms with Crippen LogP contribution in [0.3, 0.4) is 0 Å². The summed E-state index contributed by atoms with van der Waals surface area (Å²) in [4.78, 5) is 13.8. The minimum atomic E-state index is -0.372. The molecule has 0 saturated carbocycles. The second-order valence-electron chi connectivity index (χ2n) is 6.07. The fourth-order valence-corrected chi connectivity index (χ4v) is 2.76. The molecule has 3 rings (SSSR count). The van der Waals surface area contributed by atoms with Crippen LogP contribution in [0.15, 0.2) is 42.5 Å². The second kappa shape index (κ2) is 7.85. The van der Waals surface area contributed by atoms with Crippen LogP contribution in [0.2, 0.25) is 5.02 Å². The zero-order chi connectivity index (χ0) is 17.8. The number of carbonyl (C=O) groups excluding carboxylic acids is 1. The predicted molar refractivity (Wildman–Crippen MR) is 93.2 cm³/mol. The number of halogens is 2. The van der Waals surface area contributed by atoms with Crippen molar-refractivity contribution < 1.29 is 18.7 Å². The van der Waals surface area contributed by atoms with E-state index < -0.39 is 0 Å². The summed E-state index contributed by atoms with van der Waals surface area (Å²) in [6, 6.07) is 11.8. The van der Waals surface area contributed by atoms with Crippen molar-refractivity contribution in [2.24, 2.45) is 0 Å². The Balaban J connectivity index is 1.39. The minimum Gasteiger partial charge on any atom is -0.484 e. The van der Waals surface area contributed by atoms with Crippen molar-refractivity contribution in [2.45, 2.75) is 19.6 Å². The summed E-state index contributed by atoms with van der Waals surface area (Å²) in [6.45, 7) is 3.33. The second-order valence-corrected chi connectivity index (χ2v) is 6.48. The van der Waals surface area contributed by atoms with Gasteiger partial charge in [0.2, 0.25) is 0 Å². The highest BCUT2D eigenvalue weighted by Crippen LogP contribution is 2.21. The molecule has 1 aliphatic rings. The van der Waals surface area contributed by atoms with E-state index in [2.05, 4.69) is 0 Å². The van der Waals surface area contributed by atoms with Gasteiger partial charge in [-0.1, -0.05) is 29.8 Å². The van der Waals surface area contributed by atoms with Crippen molar-refractivity contribution in [3.8, 4) is 5.75 Å². The van der Waals surface area contributed by atoms with Gasteiger partial charge in [-0.15, -0.1) is 0 Å². The zero-order valence-electron chi connectivity index (χ0n) is 13.9. The standard InChI is InChI=1S/C19H19ClFNO3/c1-13-3-2-4-16(7-13)25-12-19(23)22-9-17(10-22)24-11-14-5-6-15(21)8-18(14)20/h2-8,17H,9-12H2,1H3. The Hall–Kier alpha value is -2.11. The molecular weight excluding hydrogens is 345 g/mol. The lowest BCUT2D eigenvalue weighted by molar-refractivity contribution is -0.148. The molecule has 0 aromatic heterocycles. The molecule has 1 heterocycles. The number of amides is 1. The number of hydrogen-bond donors (Lipinski definition) is 0. The zero-order valence-corrected chi connectivity index (χ0v) is 14.6. The highest BCUT2D eigenvalue weighted by atomic mass is 35.5. The van der Waals surface area contributed by atoms with Crippen molar-refractivity contribution in [1.82, 2.24) is 4.90 Å². The van der Waals surface area contributed by atoms with Gasteiger partial charge in [0, 0.05) is 18.1 Å². The van der Waals surface area contributed by atoms with Crippen molar-refractivity contribution in [3.63, 3.8) is 0 Å². The first-order valence-corrected chi connectivity index (χ1v) is 8.42. The van der Waals surface area contributed by atoms with Crippen LogP contribution in [0, 0.1) is 12.7 Å². The lowest BCUT2D eigenvalue weighted by Crippen LogP contribution is -2.55.